The standard InChI is InChI=1S/C42H44N14O6/c1-7-54-35-32(22(3)50-54)56-23(4)51-55(8-2)40(56)39(60)49-42-47-30-19-26(37(44)58)20-31(62-6)34(30)53(42)16-10-9-15-52-33-28(45-21-24-11-13-27(61-5)14-12-24)17-25(36(43)57)18-29(33)46-41(52)48-38(35)59/h9-14,17-20,45H,7-8,15-16,21H2,1-6H3,(H5-,43,44,46,47,48,49,57,58,59,60)/p+1/b10-9+. The van der Waals surface area contributed by atoms with Crippen molar-refractivity contribution in [3.8, 4) is 17.2 Å². The first-order valence-electron chi connectivity index (χ1n) is 19.8. The molecule has 0 radical (unpaired) electrons. The van der Waals surface area contributed by atoms with Crippen LogP contribution in [0.2, 0.25) is 0 Å². The second-order valence-corrected chi connectivity index (χ2v) is 14.5. The Labute approximate surface area is 354 Å². The van der Waals surface area contributed by atoms with E-state index in [-0.39, 0.29) is 47.6 Å². The first-order valence-corrected chi connectivity index (χ1v) is 19.8. The van der Waals surface area contributed by atoms with Gasteiger partial charge in [0, 0.05) is 49.3 Å². The van der Waals surface area contributed by atoms with Crippen molar-refractivity contribution in [3.05, 3.63) is 100 Å². The Bertz CT molecular complexity index is 2990. The highest BCUT2D eigenvalue weighted by Crippen LogP contribution is 2.33. The lowest BCUT2D eigenvalue weighted by molar-refractivity contribution is -0.606. The second kappa shape index (κ2) is 16.2. The van der Waals surface area contributed by atoms with Crippen LogP contribution in [0.1, 0.15) is 72.8 Å². The van der Waals surface area contributed by atoms with Crippen LogP contribution >= 0.6 is 0 Å². The maximum Gasteiger partial charge on any atom is 0.331 e. The average Bonchev–Trinajstić information content (AvgIpc) is 3.99. The molecule has 0 saturated carbocycles. The molecule has 1 aliphatic rings. The van der Waals surface area contributed by atoms with E-state index < -0.39 is 23.6 Å². The van der Waals surface area contributed by atoms with E-state index in [1.807, 2.05) is 54.8 Å². The predicted octanol–water partition coefficient (Wildman–Crippen LogP) is 3.61. The summed E-state index contributed by atoms with van der Waals surface area (Å²) in [5.41, 5.74) is 16.1. The van der Waals surface area contributed by atoms with E-state index in [4.69, 9.17) is 41.1 Å². The summed E-state index contributed by atoms with van der Waals surface area (Å²) in [6.07, 6.45) is 3.73. The van der Waals surface area contributed by atoms with Crippen LogP contribution in [-0.4, -0.2) is 76.5 Å². The van der Waals surface area contributed by atoms with Gasteiger partial charge in [-0.3, -0.25) is 34.5 Å². The molecule has 0 bridgehead atoms. The number of amides is 4. The Kier molecular flexibility index (Phi) is 10.6. The number of aryl methyl sites for hydroxylation is 4. The van der Waals surface area contributed by atoms with E-state index in [0.29, 0.717) is 76.1 Å². The normalized spacial score (nSPS) is 13.5. The molecule has 0 aliphatic carbocycles. The molecule has 0 spiro atoms. The van der Waals surface area contributed by atoms with Crippen molar-refractivity contribution in [1.29, 1.82) is 0 Å². The maximum absolute atomic E-state index is 14.8. The summed E-state index contributed by atoms with van der Waals surface area (Å²) in [6, 6.07) is 13.9. The number of nitrogens with one attached hydrogen (secondary N) is 3. The number of nitrogens with two attached hydrogens (primary N) is 2. The van der Waals surface area contributed by atoms with Gasteiger partial charge in [0.05, 0.1) is 42.2 Å². The van der Waals surface area contributed by atoms with Crippen LogP contribution in [0, 0.1) is 13.8 Å². The highest BCUT2D eigenvalue weighted by Gasteiger charge is 2.37. The van der Waals surface area contributed by atoms with Gasteiger partial charge in [0.15, 0.2) is 11.4 Å². The summed E-state index contributed by atoms with van der Waals surface area (Å²) in [5, 5.41) is 18.9. The van der Waals surface area contributed by atoms with Crippen LogP contribution in [0.5, 0.6) is 11.5 Å². The molecule has 20 heteroatoms. The van der Waals surface area contributed by atoms with Crippen molar-refractivity contribution in [2.24, 2.45) is 11.5 Å². The summed E-state index contributed by atoms with van der Waals surface area (Å²) in [7, 11) is 3.07. The maximum atomic E-state index is 14.8. The molecule has 3 aromatic carbocycles. The Morgan fingerprint density at radius 3 is 1.98 bits per heavy atom. The fraction of sp³-hybridized carbons (Fsp3) is 0.262. The number of hydrogen-bond acceptors (Lipinski definition) is 11. The van der Waals surface area contributed by atoms with Crippen LogP contribution in [0.3, 0.4) is 0 Å². The molecule has 7 aromatic rings. The summed E-state index contributed by atoms with van der Waals surface area (Å²) >= 11 is 0. The van der Waals surface area contributed by atoms with Crippen molar-refractivity contribution >= 4 is 63.3 Å². The minimum atomic E-state index is -0.676. The SMILES string of the molecule is CCn1nc(C)c2c1C(=O)Nc1nc3cc(C(N)=O)cc(NCc4ccc(OC)cc4)c3n1C/C=C/Cn1c(nc3cc(C(N)=O)cc(OC)c31)NC(=O)c1n(CC)nc(C)[n+]1-2. The number of carbonyl (C=O) groups excluding carboxylic acids is 4. The van der Waals surface area contributed by atoms with Gasteiger partial charge in [-0.25, -0.2) is 9.97 Å². The Morgan fingerprint density at radius 1 is 0.790 bits per heavy atom. The Hall–Kier alpha value is -8.03. The van der Waals surface area contributed by atoms with E-state index >= 15 is 0 Å². The predicted molar refractivity (Wildman–Crippen MR) is 229 cm³/mol. The molecule has 318 valence electrons. The third kappa shape index (κ3) is 7.09. The smallest absolute Gasteiger partial charge is 0.331 e. The number of ether oxygens (including phenoxy) is 2. The fourth-order valence-corrected chi connectivity index (χ4v) is 7.77. The lowest BCUT2D eigenvalue weighted by Gasteiger charge is -2.15. The Balaban J connectivity index is 1.36. The zero-order valence-corrected chi connectivity index (χ0v) is 34.9. The summed E-state index contributed by atoms with van der Waals surface area (Å²) in [5.74, 6) is -0.618. The van der Waals surface area contributed by atoms with Gasteiger partial charge in [0.25, 0.3) is 11.7 Å². The van der Waals surface area contributed by atoms with Gasteiger partial charge >= 0.3 is 11.7 Å². The fourth-order valence-electron chi connectivity index (χ4n) is 7.77. The molecule has 0 unspecified atom stereocenters. The van der Waals surface area contributed by atoms with E-state index in [1.54, 1.807) is 46.9 Å². The topological polar surface area (TPSA) is 250 Å². The highest BCUT2D eigenvalue weighted by atomic mass is 16.5. The van der Waals surface area contributed by atoms with Gasteiger partial charge < -0.3 is 35.4 Å². The second-order valence-electron chi connectivity index (χ2n) is 14.5. The van der Waals surface area contributed by atoms with E-state index in [1.165, 1.54) is 23.9 Å². The third-order valence-electron chi connectivity index (χ3n) is 10.7. The van der Waals surface area contributed by atoms with Gasteiger partial charge in [-0.2, -0.15) is 9.67 Å². The first-order chi connectivity index (χ1) is 29.8. The molecule has 5 heterocycles. The zero-order valence-electron chi connectivity index (χ0n) is 34.9. The average molecular weight is 842 g/mol. The van der Waals surface area contributed by atoms with Crippen molar-refractivity contribution < 1.29 is 33.2 Å². The number of nitrogens with zero attached hydrogens (tertiary/aromatic N) is 9. The lowest BCUT2D eigenvalue weighted by Crippen LogP contribution is -2.44. The minimum Gasteiger partial charge on any atom is -0.497 e. The molecule has 0 saturated heterocycles. The van der Waals surface area contributed by atoms with Gasteiger partial charge in [-0.15, -0.1) is 4.68 Å². The number of anilines is 3. The van der Waals surface area contributed by atoms with Gasteiger partial charge in [0.2, 0.25) is 23.7 Å². The molecule has 1 aliphatic heterocycles. The van der Waals surface area contributed by atoms with Crippen LogP contribution < -0.4 is 41.5 Å². The summed E-state index contributed by atoms with van der Waals surface area (Å²) < 4.78 is 19.3. The number of carbonyl (C=O) groups is 4. The number of imidazole rings is 2. The molecule has 0 atom stereocenters. The minimum absolute atomic E-state index is 0.0997. The molecule has 0 fully saturated rings. The number of hydrogen-bond donors (Lipinski definition) is 5. The third-order valence-corrected chi connectivity index (χ3v) is 10.7. The number of methoxy groups -OCH3 is 2. The molecule has 4 amide bonds. The largest absolute Gasteiger partial charge is 0.497 e. The lowest BCUT2D eigenvalue weighted by atomic mass is 10.1. The van der Waals surface area contributed by atoms with Gasteiger partial charge in [0.1, 0.15) is 23.6 Å². The molecular weight excluding hydrogens is 797 g/mol. The molecule has 4 aromatic heterocycles. The summed E-state index contributed by atoms with van der Waals surface area (Å²) in [4.78, 5) is 64.1. The van der Waals surface area contributed by atoms with Gasteiger partial charge in [-0.05, 0) is 62.7 Å². The number of benzene rings is 3. The van der Waals surface area contributed by atoms with Crippen LogP contribution in [0.4, 0.5) is 17.6 Å². The van der Waals surface area contributed by atoms with Crippen LogP contribution in [0.15, 0.2) is 60.7 Å². The summed E-state index contributed by atoms with van der Waals surface area (Å²) in [6.45, 7) is 8.52. The van der Waals surface area contributed by atoms with Crippen molar-refractivity contribution in [2.75, 3.05) is 30.2 Å². The van der Waals surface area contributed by atoms with Crippen molar-refractivity contribution in [3.63, 3.8) is 0 Å². The van der Waals surface area contributed by atoms with Gasteiger partial charge in [-0.1, -0.05) is 24.3 Å². The highest BCUT2D eigenvalue weighted by molar-refractivity contribution is 6.07. The first kappa shape index (κ1) is 40.7. The van der Waals surface area contributed by atoms with Crippen molar-refractivity contribution in [2.45, 2.75) is 60.4 Å². The Morgan fingerprint density at radius 2 is 1.39 bits per heavy atom. The monoisotopic (exact) mass is 841 g/mol. The number of rotatable bonds is 9. The molecular formula is C42H45N14O6+. The van der Waals surface area contributed by atoms with Crippen LogP contribution in [-0.2, 0) is 32.7 Å². The van der Waals surface area contributed by atoms with E-state index in [9.17, 15) is 19.2 Å². The van der Waals surface area contributed by atoms with Crippen molar-refractivity contribution in [1.82, 2.24) is 38.7 Å². The number of primary amides is 2. The number of aromatic nitrogens is 9. The number of allylic oxidation sites excluding steroid dienone is 2. The molecule has 8 rings (SSSR count). The van der Waals surface area contributed by atoms with E-state index in [2.05, 4.69) is 16.0 Å². The molecule has 7 N–H and O–H groups in total. The van der Waals surface area contributed by atoms with Crippen LogP contribution in [0.25, 0.3) is 27.8 Å². The van der Waals surface area contributed by atoms with E-state index in [0.717, 1.165) is 5.56 Å². The molecule has 62 heavy (non-hydrogen) atoms. The molecule has 20 nitrogen and oxygen atoms in total. The quantitative estimate of drug-likeness (QED) is 0.104. The zero-order chi connectivity index (χ0) is 44.0. The number of fused-ring (bicyclic) bond motifs is 9.